The molecule has 1 aliphatic rings. The monoisotopic (exact) mass is 531 g/mol. The Labute approximate surface area is 224 Å². The van der Waals surface area contributed by atoms with Gasteiger partial charge in [-0.1, -0.05) is 18.2 Å². The van der Waals surface area contributed by atoms with Gasteiger partial charge < -0.3 is 25.4 Å². The number of H-pyrrole nitrogens is 1. The van der Waals surface area contributed by atoms with Gasteiger partial charge in [0.1, 0.15) is 23.7 Å². The molecule has 0 bridgehead atoms. The predicted octanol–water partition coefficient (Wildman–Crippen LogP) is 3.28. The first kappa shape index (κ1) is 26.0. The molecule has 10 nitrogen and oxygen atoms in total. The molecule has 0 radical (unpaired) electrons. The Balaban J connectivity index is 1.59. The summed E-state index contributed by atoms with van der Waals surface area (Å²) in [5.74, 6) is 0.00303. The van der Waals surface area contributed by atoms with E-state index in [0.717, 1.165) is 13.0 Å². The minimum absolute atomic E-state index is 0.0632. The summed E-state index contributed by atoms with van der Waals surface area (Å²) in [5, 5.41) is 15.4. The van der Waals surface area contributed by atoms with Gasteiger partial charge in [0.2, 0.25) is 0 Å². The van der Waals surface area contributed by atoms with E-state index in [0.29, 0.717) is 29.2 Å². The van der Waals surface area contributed by atoms with Crippen LogP contribution in [-0.2, 0) is 0 Å². The highest BCUT2D eigenvalue weighted by molar-refractivity contribution is 5.95. The predicted molar refractivity (Wildman–Crippen MR) is 147 cm³/mol. The number of nitrogens with zero attached hydrogens (tertiary/aromatic N) is 3. The van der Waals surface area contributed by atoms with E-state index in [1.165, 1.54) is 17.9 Å². The zero-order valence-corrected chi connectivity index (χ0v) is 21.6. The van der Waals surface area contributed by atoms with Gasteiger partial charge in [0.05, 0.1) is 12.8 Å². The van der Waals surface area contributed by atoms with Crippen LogP contribution in [0.5, 0.6) is 11.5 Å². The standard InChI is InChI=1S/C28H30FN7O3/c1-35-13-12-20(16-35)39-23-15-21(38-2)14-22(24(23)29)25(32-18-10-8-17(9-11-18)26(30)31)27-33-28(37)36(34-27)19-6-4-3-5-7-19/h3-11,14-15,20,25,32H,12-13,16H2,1-2H3,(H3,30,31)(H,33,34,37). The third kappa shape index (κ3) is 5.63. The molecule has 0 saturated carbocycles. The van der Waals surface area contributed by atoms with E-state index < -0.39 is 17.5 Å². The lowest BCUT2D eigenvalue weighted by atomic mass is 10.0. The zero-order chi connectivity index (χ0) is 27.5. The van der Waals surface area contributed by atoms with E-state index in [-0.39, 0.29) is 29.1 Å². The average molecular weight is 532 g/mol. The number of hydrogen-bond acceptors (Lipinski definition) is 7. The van der Waals surface area contributed by atoms with E-state index in [1.54, 1.807) is 54.6 Å². The van der Waals surface area contributed by atoms with Crippen LogP contribution in [0.15, 0.2) is 71.5 Å². The van der Waals surface area contributed by atoms with Gasteiger partial charge in [-0.25, -0.2) is 9.18 Å². The first-order chi connectivity index (χ1) is 18.8. The molecule has 0 aliphatic carbocycles. The van der Waals surface area contributed by atoms with Gasteiger partial charge in [-0.05, 0) is 55.9 Å². The molecule has 4 aromatic rings. The van der Waals surface area contributed by atoms with Crippen LogP contribution in [-0.4, -0.2) is 58.9 Å². The molecular weight excluding hydrogens is 501 g/mol. The van der Waals surface area contributed by atoms with Gasteiger partial charge in [0, 0.05) is 36.0 Å². The molecule has 5 N–H and O–H groups in total. The molecule has 2 heterocycles. The number of benzene rings is 3. The largest absolute Gasteiger partial charge is 0.497 e. The second-order valence-electron chi connectivity index (χ2n) is 9.45. The third-order valence-electron chi connectivity index (χ3n) is 6.65. The highest BCUT2D eigenvalue weighted by atomic mass is 19.1. The number of ether oxygens (including phenoxy) is 2. The van der Waals surface area contributed by atoms with Crippen molar-refractivity contribution in [1.82, 2.24) is 19.7 Å². The second kappa shape index (κ2) is 11.0. The van der Waals surface area contributed by atoms with Gasteiger partial charge in [-0.15, -0.1) is 5.10 Å². The van der Waals surface area contributed by atoms with E-state index in [2.05, 4.69) is 20.3 Å². The summed E-state index contributed by atoms with van der Waals surface area (Å²) in [7, 11) is 3.49. The number of hydrogen-bond donors (Lipinski definition) is 4. The number of methoxy groups -OCH3 is 1. The number of nitrogen functional groups attached to an aromatic ring is 1. The number of anilines is 1. The molecule has 1 aromatic heterocycles. The number of aromatic amines is 1. The summed E-state index contributed by atoms with van der Waals surface area (Å²) in [5.41, 5.74) is 7.02. The summed E-state index contributed by atoms with van der Waals surface area (Å²) in [6.45, 7) is 1.55. The number of likely N-dealkylation sites (tertiary alicyclic amines) is 1. The second-order valence-corrected chi connectivity index (χ2v) is 9.45. The van der Waals surface area contributed by atoms with Crippen LogP contribution in [0.2, 0.25) is 0 Å². The van der Waals surface area contributed by atoms with Crippen molar-refractivity contribution in [1.29, 1.82) is 5.41 Å². The molecule has 2 atom stereocenters. The Kier molecular flexibility index (Phi) is 7.33. The molecule has 11 heteroatoms. The Morgan fingerprint density at radius 2 is 1.95 bits per heavy atom. The molecule has 1 fully saturated rings. The lowest BCUT2D eigenvalue weighted by Crippen LogP contribution is -2.23. The highest BCUT2D eigenvalue weighted by Gasteiger charge is 2.29. The molecule has 2 unspecified atom stereocenters. The van der Waals surface area contributed by atoms with Crippen molar-refractivity contribution >= 4 is 11.5 Å². The summed E-state index contributed by atoms with van der Waals surface area (Å²) in [6.07, 6.45) is 0.619. The van der Waals surface area contributed by atoms with Crippen LogP contribution >= 0.6 is 0 Å². The summed E-state index contributed by atoms with van der Waals surface area (Å²) in [6, 6.07) is 17.9. The Morgan fingerprint density at radius 1 is 1.21 bits per heavy atom. The van der Waals surface area contributed by atoms with Crippen molar-refractivity contribution < 1.29 is 13.9 Å². The van der Waals surface area contributed by atoms with E-state index in [4.69, 9.17) is 20.6 Å². The van der Waals surface area contributed by atoms with Crippen LogP contribution in [0.25, 0.3) is 5.69 Å². The number of nitrogens with two attached hydrogens (primary N) is 1. The van der Waals surface area contributed by atoms with Gasteiger partial charge >= 0.3 is 5.69 Å². The van der Waals surface area contributed by atoms with Crippen LogP contribution in [0.1, 0.15) is 29.4 Å². The smallest absolute Gasteiger partial charge is 0.348 e. The number of likely N-dealkylation sites (N-methyl/N-ethyl adjacent to an activating group) is 1. The Bertz CT molecular complexity index is 1520. The number of halogens is 1. The quantitative estimate of drug-likeness (QED) is 0.192. The van der Waals surface area contributed by atoms with E-state index >= 15 is 4.39 Å². The lowest BCUT2D eigenvalue weighted by molar-refractivity contribution is 0.198. The van der Waals surface area contributed by atoms with Crippen molar-refractivity contribution in [2.45, 2.75) is 18.6 Å². The first-order valence-electron chi connectivity index (χ1n) is 12.5. The van der Waals surface area contributed by atoms with Gasteiger partial charge in [0.15, 0.2) is 17.4 Å². The maximum atomic E-state index is 16.2. The fourth-order valence-corrected chi connectivity index (χ4v) is 4.60. The highest BCUT2D eigenvalue weighted by Crippen LogP contribution is 2.36. The van der Waals surface area contributed by atoms with Crippen LogP contribution in [0.4, 0.5) is 10.1 Å². The first-order valence-corrected chi connectivity index (χ1v) is 12.5. The minimum atomic E-state index is -0.922. The fourth-order valence-electron chi connectivity index (χ4n) is 4.60. The zero-order valence-electron chi connectivity index (χ0n) is 21.6. The van der Waals surface area contributed by atoms with Crippen molar-refractivity contribution in [2.24, 2.45) is 5.73 Å². The molecule has 0 spiro atoms. The lowest BCUT2D eigenvalue weighted by Gasteiger charge is -2.22. The van der Waals surface area contributed by atoms with E-state index in [1.807, 2.05) is 13.1 Å². The number of para-hydroxylation sites is 1. The Morgan fingerprint density at radius 3 is 2.59 bits per heavy atom. The minimum Gasteiger partial charge on any atom is -0.497 e. The summed E-state index contributed by atoms with van der Waals surface area (Å²) in [4.78, 5) is 17.8. The van der Waals surface area contributed by atoms with Crippen molar-refractivity contribution in [3.05, 3.63) is 100.0 Å². The number of rotatable bonds is 9. The van der Waals surface area contributed by atoms with Crippen LogP contribution in [0.3, 0.4) is 0 Å². The van der Waals surface area contributed by atoms with Gasteiger partial charge in [-0.2, -0.15) is 4.68 Å². The van der Waals surface area contributed by atoms with Gasteiger partial charge in [-0.3, -0.25) is 10.4 Å². The average Bonchev–Trinajstić information content (AvgIpc) is 3.54. The summed E-state index contributed by atoms with van der Waals surface area (Å²) < 4.78 is 29.0. The molecule has 1 saturated heterocycles. The molecule has 5 rings (SSSR count). The van der Waals surface area contributed by atoms with Gasteiger partial charge in [0.25, 0.3) is 0 Å². The number of aromatic nitrogens is 3. The molecular formula is C28H30FN7O3. The molecule has 0 amide bonds. The molecule has 1 aliphatic heterocycles. The molecule has 39 heavy (non-hydrogen) atoms. The maximum absolute atomic E-state index is 16.2. The van der Waals surface area contributed by atoms with Crippen LogP contribution in [0, 0.1) is 11.2 Å². The normalized spacial score (nSPS) is 16.1. The number of nitrogens with one attached hydrogen (secondary N) is 3. The van der Waals surface area contributed by atoms with Crippen molar-refractivity contribution in [3.63, 3.8) is 0 Å². The topological polar surface area (TPSA) is 134 Å². The number of amidine groups is 1. The Hall–Kier alpha value is -4.64. The van der Waals surface area contributed by atoms with Crippen LogP contribution < -0.4 is 26.2 Å². The fraction of sp³-hybridized carbons (Fsp3) is 0.250. The SMILES string of the molecule is COc1cc(OC2CCN(C)C2)c(F)c(C(Nc2ccc(C(=N)N)cc2)c2nn(-c3ccccc3)c(=O)[nH]2)c1. The summed E-state index contributed by atoms with van der Waals surface area (Å²) >= 11 is 0. The third-order valence-corrected chi connectivity index (χ3v) is 6.65. The molecule has 202 valence electrons. The van der Waals surface area contributed by atoms with Crippen molar-refractivity contribution in [3.8, 4) is 17.2 Å². The maximum Gasteiger partial charge on any atom is 0.348 e. The van der Waals surface area contributed by atoms with E-state index in [9.17, 15) is 4.79 Å². The molecule has 3 aromatic carbocycles. The van der Waals surface area contributed by atoms with Crippen molar-refractivity contribution in [2.75, 3.05) is 32.6 Å².